The average Bonchev–Trinajstić information content (AvgIpc) is 3.11. The molecule has 0 radical (unpaired) electrons. The molecule has 0 bridgehead atoms. The van der Waals surface area contributed by atoms with E-state index < -0.39 is 27.9 Å². The van der Waals surface area contributed by atoms with Gasteiger partial charge in [-0.25, -0.2) is 18.2 Å². The number of anilines is 1. The molecule has 0 atom stereocenters. The quantitative estimate of drug-likeness (QED) is 0.805. The van der Waals surface area contributed by atoms with Crippen LogP contribution in [0, 0.1) is 6.92 Å². The van der Waals surface area contributed by atoms with Crippen LogP contribution in [0.5, 0.6) is 0 Å². The molecule has 0 unspecified atom stereocenters. The zero-order valence-corrected chi connectivity index (χ0v) is 16.4. The molecule has 152 valence electrons. The molecule has 2 heterocycles. The summed E-state index contributed by atoms with van der Waals surface area (Å²) in [6.45, 7) is 2.28. The maximum Gasteiger partial charge on any atom is 0.434 e. The molecule has 1 fully saturated rings. The third kappa shape index (κ3) is 4.45. The number of aryl methyl sites for hydroxylation is 1. The highest BCUT2D eigenvalue weighted by atomic mass is 32.2. The van der Waals surface area contributed by atoms with E-state index in [0.29, 0.717) is 11.3 Å². The van der Waals surface area contributed by atoms with Crippen LogP contribution in [-0.4, -0.2) is 54.8 Å². The molecule has 1 aromatic carbocycles. The van der Waals surface area contributed by atoms with Crippen LogP contribution in [0.1, 0.15) is 11.3 Å². The van der Waals surface area contributed by atoms with E-state index in [4.69, 9.17) is 0 Å². The topological polar surface area (TPSA) is 82.6 Å². The lowest BCUT2D eigenvalue weighted by Gasteiger charge is -2.33. The Kier molecular flexibility index (Phi) is 5.64. The second-order valence-corrected chi connectivity index (χ2v) is 8.97. The summed E-state index contributed by atoms with van der Waals surface area (Å²) in [5.41, 5.74) is -0.127. The van der Waals surface area contributed by atoms with E-state index in [1.807, 2.05) is 6.92 Å². The number of halogens is 3. The van der Waals surface area contributed by atoms with Crippen molar-refractivity contribution >= 4 is 32.5 Å². The van der Waals surface area contributed by atoms with Crippen molar-refractivity contribution < 1.29 is 26.4 Å². The molecule has 2 amide bonds. The SMILES string of the molecule is Cc1ccc(S(=O)(=O)N2CCN(C(=O)Nc3nc(C(F)(F)F)cs3)CC2)cc1. The van der Waals surface area contributed by atoms with Gasteiger partial charge in [-0.3, -0.25) is 5.32 Å². The Balaban J connectivity index is 1.59. The predicted molar refractivity (Wildman–Crippen MR) is 97.6 cm³/mol. The number of nitrogens with one attached hydrogen (secondary N) is 1. The largest absolute Gasteiger partial charge is 0.434 e. The van der Waals surface area contributed by atoms with Crippen LogP contribution >= 0.6 is 11.3 Å². The lowest BCUT2D eigenvalue weighted by Crippen LogP contribution is -2.51. The molecule has 7 nitrogen and oxygen atoms in total. The van der Waals surface area contributed by atoms with Gasteiger partial charge in [-0.15, -0.1) is 11.3 Å². The summed E-state index contributed by atoms with van der Waals surface area (Å²) in [5.74, 6) is 0. The Labute approximate surface area is 163 Å². The molecule has 3 rings (SSSR count). The van der Waals surface area contributed by atoms with Gasteiger partial charge >= 0.3 is 12.2 Å². The van der Waals surface area contributed by atoms with E-state index in [1.54, 1.807) is 12.1 Å². The number of hydrogen-bond donors (Lipinski definition) is 1. The van der Waals surface area contributed by atoms with Crippen molar-refractivity contribution in [1.82, 2.24) is 14.2 Å². The Morgan fingerprint density at radius 3 is 2.29 bits per heavy atom. The summed E-state index contributed by atoms with van der Waals surface area (Å²) in [5, 5.41) is 2.98. The standard InChI is InChI=1S/C16H17F3N4O3S2/c1-11-2-4-12(5-3-11)28(25,26)23-8-6-22(7-9-23)15(24)21-14-20-13(10-27-14)16(17,18)19/h2-5,10H,6-9H2,1H3,(H,20,21,24). The van der Waals surface area contributed by atoms with E-state index in [-0.39, 0.29) is 36.2 Å². The van der Waals surface area contributed by atoms with Crippen molar-refractivity contribution in [2.45, 2.75) is 18.0 Å². The first kappa shape index (κ1) is 20.6. The van der Waals surface area contributed by atoms with Gasteiger partial charge in [-0.05, 0) is 19.1 Å². The fraction of sp³-hybridized carbons (Fsp3) is 0.375. The molecule has 1 aliphatic rings. The van der Waals surface area contributed by atoms with Crippen molar-refractivity contribution in [2.75, 3.05) is 31.5 Å². The number of sulfonamides is 1. The first-order valence-corrected chi connectivity index (χ1v) is 10.5. The second kappa shape index (κ2) is 7.68. The zero-order valence-electron chi connectivity index (χ0n) is 14.7. The Morgan fingerprint density at radius 1 is 1.14 bits per heavy atom. The molecular weight excluding hydrogens is 417 g/mol. The Hall–Kier alpha value is -2.18. The molecule has 1 N–H and O–H groups in total. The zero-order chi connectivity index (χ0) is 20.5. The van der Waals surface area contributed by atoms with Gasteiger partial charge in [0, 0.05) is 31.6 Å². The fourth-order valence-electron chi connectivity index (χ4n) is 2.62. The molecule has 0 saturated carbocycles. The van der Waals surface area contributed by atoms with Gasteiger partial charge in [0.15, 0.2) is 10.8 Å². The van der Waals surface area contributed by atoms with Crippen LogP contribution in [0.3, 0.4) is 0 Å². The third-order valence-electron chi connectivity index (χ3n) is 4.19. The number of urea groups is 1. The van der Waals surface area contributed by atoms with Crippen LogP contribution in [0.4, 0.5) is 23.1 Å². The van der Waals surface area contributed by atoms with E-state index in [2.05, 4.69) is 10.3 Å². The highest BCUT2D eigenvalue weighted by Crippen LogP contribution is 2.31. The van der Waals surface area contributed by atoms with Crippen molar-refractivity contribution in [2.24, 2.45) is 0 Å². The monoisotopic (exact) mass is 434 g/mol. The van der Waals surface area contributed by atoms with E-state index in [0.717, 1.165) is 10.9 Å². The van der Waals surface area contributed by atoms with Gasteiger partial charge in [0.25, 0.3) is 0 Å². The van der Waals surface area contributed by atoms with Crippen molar-refractivity contribution in [3.63, 3.8) is 0 Å². The first-order chi connectivity index (χ1) is 13.1. The van der Waals surface area contributed by atoms with Gasteiger partial charge in [-0.1, -0.05) is 17.7 Å². The fourth-order valence-corrected chi connectivity index (χ4v) is 4.75. The number of hydrogen-bond acceptors (Lipinski definition) is 5. The smallest absolute Gasteiger partial charge is 0.322 e. The maximum absolute atomic E-state index is 12.7. The number of carbonyl (C=O) groups excluding carboxylic acids is 1. The van der Waals surface area contributed by atoms with Crippen molar-refractivity contribution in [1.29, 1.82) is 0 Å². The number of nitrogens with zero attached hydrogens (tertiary/aromatic N) is 3. The van der Waals surface area contributed by atoms with Crippen molar-refractivity contribution in [3.05, 3.63) is 40.9 Å². The first-order valence-electron chi connectivity index (χ1n) is 8.23. The molecular formula is C16H17F3N4O3S2. The van der Waals surface area contributed by atoms with Gasteiger partial charge < -0.3 is 4.90 Å². The number of alkyl halides is 3. The van der Waals surface area contributed by atoms with Gasteiger partial charge in [0.1, 0.15) is 0 Å². The van der Waals surface area contributed by atoms with Gasteiger partial charge in [-0.2, -0.15) is 17.5 Å². The molecule has 1 saturated heterocycles. The summed E-state index contributed by atoms with van der Waals surface area (Å²) < 4.78 is 64.3. The van der Waals surface area contributed by atoms with Crippen LogP contribution in [0.15, 0.2) is 34.5 Å². The minimum atomic E-state index is -4.57. The average molecular weight is 434 g/mol. The van der Waals surface area contributed by atoms with E-state index in [9.17, 15) is 26.4 Å². The molecule has 0 aliphatic carbocycles. The number of piperazine rings is 1. The predicted octanol–water partition coefficient (Wildman–Crippen LogP) is 3.01. The lowest BCUT2D eigenvalue weighted by atomic mass is 10.2. The number of carbonyl (C=O) groups is 1. The summed E-state index contributed by atoms with van der Waals surface area (Å²) >= 11 is 0.676. The Morgan fingerprint density at radius 2 is 1.75 bits per heavy atom. The molecule has 0 spiro atoms. The summed E-state index contributed by atoms with van der Waals surface area (Å²) in [4.78, 5) is 17.1. The maximum atomic E-state index is 12.7. The molecule has 1 aromatic heterocycles. The van der Waals surface area contributed by atoms with Crippen LogP contribution in [-0.2, 0) is 16.2 Å². The Bertz CT molecular complexity index is 950. The number of amides is 2. The van der Waals surface area contributed by atoms with E-state index >= 15 is 0 Å². The van der Waals surface area contributed by atoms with Crippen LogP contribution < -0.4 is 5.32 Å². The molecule has 1 aliphatic heterocycles. The molecule has 12 heteroatoms. The van der Waals surface area contributed by atoms with Gasteiger partial charge in [0.2, 0.25) is 10.0 Å². The van der Waals surface area contributed by atoms with Gasteiger partial charge in [0.05, 0.1) is 4.90 Å². The van der Waals surface area contributed by atoms with Crippen LogP contribution in [0.25, 0.3) is 0 Å². The summed E-state index contributed by atoms with van der Waals surface area (Å²) in [7, 11) is -3.66. The molecule has 28 heavy (non-hydrogen) atoms. The summed E-state index contributed by atoms with van der Waals surface area (Å²) in [6, 6.07) is 5.87. The van der Waals surface area contributed by atoms with Crippen molar-refractivity contribution in [3.8, 4) is 0 Å². The number of aromatic nitrogens is 1. The minimum absolute atomic E-state index is 0.0926. The number of thiazole rings is 1. The summed E-state index contributed by atoms with van der Waals surface area (Å²) in [6.07, 6.45) is -4.57. The molecule has 2 aromatic rings. The third-order valence-corrected chi connectivity index (χ3v) is 6.86. The second-order valence-electron chi connectivity index (χ2n) is 6.17. The normalized spacial score (nSPS) is 16.2. The number of benzene rings is 1. The van der Waals surface area contributed by atoms with E-state index in [1.165, 1.54) is 21.3 Å². The number of rotatable bonds is 3. The minimum Gasteiger partial charge on any atom is -0.322 e. The highest BCUT2D eigenvalue weighted by molar-refractivity contribution is 7.89. The lowest BCUT2D eigenvalue weighted by molar-refractivity contribution is -0.140. The van der Waals surface area contributed by atoms with Crippen LogP contribution in [0.2, 0.25) is 0 Å². The highest BCUT2D eigenvalue weighted by Gasteiger charge is 2.34.